The van der Waals surface area contributed by atoms with Crippen LogP contribution in [0.15, 0.2) is 42.6 Å². The van der Waals surface area contributed by atoms with Gasteiger partial charge in [-0.25, -0.2) is 0 Å². The number of nitrogens with zero attached hydrogens (tertiary/aromatic N) is 1. The van der Waals surface area contributed by atoms with Crippen LogP contribution in [0.2, 0.25) is 0 Å². The molecule has 0 aliphatic rings. The van der Waals surface area contributed by atoms with E-state index in [1.165, 1.54) is 6.07 Å². The summed E-state index contributed by atoms with van der Waals surface area (Å²) in [6.07, 6.45) is 1.57. The maximum atomic E-state index is 10.6. The number of nitrogens with one attached hydrogen (secondary N) is 1. The lowest BCUT2D eigenvalue weighted by molar-refractivity contribution is -0.384. The van der Waals surface area contributed by atoms with Gasteiger partial charge in [-0.3, -0.25) is 10.1 Å². The molecule has 0 aliphatic carbocycles. The summed E-state index contributed by atoms with van der Waals surface area (Å²) >= 11 is 0. The van der Waals surface area contributed by atoms with Crippen LogP contribution in [0, 0.1) is 10.1 Å². The van der Waals surface area contributed by atoms with E-state index in [2.05, 4.69) is 4.98 Å². The molecule has 1 heterocycles. The predicted octanol–water partition coefficient (Wildman–Crippen LogP) is 2.59. The van der Waals surface area contributed by atoms with Gasteiger partial charge in [0.25, 0.3) is 5.69 Å². The fourth-order valence-electron chi connectivity index (χ4n) is 1.35. The van der Waals surface area contributed by atoms with Crippen molar-refractivity contribution < 1.29 is 4.92 Å². The number of hydrogen-bond acceptors (Lipinski definition) is 2. The minimum Gasteiger partial charge on any atom is -0.355 e. The quantitative estimate of drug-likeness (QED) is 0.581. The molecule has 0 bridgehead atoms. The molecule has 0 saturated carbocycles. The Hall–Kier alpha value is -2.10. The second-order valence-corrected chi connectivity index (χ2v) is 2.86. The minimum absolute atomic E-state index is 0.108. The lowest BCUT2D eigenvalue weighted by atomic mass is 10.1. The lowest BCUT2D eigenvalue weighted by Crippen LogP contribution is -1.88. The van der Waals surface area contributed by atoms with Crippen molar-refractivity contribution in [3.05, 3.63) is 52.7 Å². The van der Waals surface area contributed by atoms with Crippen LogP contribution in [0.4, 0.5) is 5.69 Å². The molecule has 0 amide bonds. The zero-order valence-corrected chi connectivity index (χ0v) is 7.31. The van der Waals surface area contributed by atoms with Crippen LogP contribution in [0.1, 0.15) is 0 Å². The Morgan fingerprint density at radius 3 is 2.50 bits per heavy atom. The molecular weight excluding hydrogens is 180 g/mol. The average molecular weight is 188 g/mol. The molecule has 0 spiro atoms. The zero-order chi connectivity index (χ0) is 9.97. The molecule has 0 radical (unpaired) electrons. The summed E-state index contributed by atoms with van der Waals surface area (Å²) < 4.78 is 0. The molecule has 0 unspecified atom stereocenters. The molecule has 2 aromatic rings. The van der Waals surface area contributed by atoms with Gasteiger partial charge in [-0.05, 0) is 0 Å². The molecule has 4 nitrogen and oxygen atoms in total. The lowest BCUT2D eigenvalue weighted by Gasteiger charge is -1.96. The van der Waals surface area contributed by atoms with Crippen LogP contribution in [0.5, 0.6) is 0 Å². The number of benzene rings is 1. The molecule has 1 N–H and O–H groups in total. The van der Waals surface area contributed by atoms with Gasteiger partial charge in [0.2, 0.25) is 0 Å². The van der Waals surface area contributed by atoms with Gasteiger partial charge < -0.3 is 4.98 Å². The highest BCUT2D eigenvalue weighted by Crippen LogP contribution is 2.27. The van der Waals surface area contributed by atoms with Crippen LogP contribution in [0.3, 0.4) is 0 Å². The second kappa shape index (κ2) is 3.33. The topological polar surface area (TPSA) is 58.9 Å². The Balaban J connectivity index is 2.52. The largest absolute Gasteiger partial charge is 0.355 e. The maximum absolute atomic E-state index is 10.6. The van der Waals surface area contributed by atoms with E-state index in [4.69, 9.17) is 0 Å². The van der Waals surface area contributed by atoms with Crippen molar-refractivity contribution in [2.75, 3.05) is 0 Å². The average Bonchev–Trinajstić information content (AvgIpc) is 2.67. The van der Waals surface area contributed by atoms with Gasteiger partial charge in [-0.2, -0.15) is 0 Å². The predicted molar refractivity (Wildman–Crippen MR) is 52.9 cm³/mol. The fourth-order valence-corrected chi connectivity index (χ4v) is 1.35. The molecule has 2 rings (SSSR count). The molecule has 1 aromatic heterocycles. The molecule has 0 aliphatic heterocycles. The van der Waals surface area contributed by atoms with Gasteiger partial charge in [0.1, 0.15) is 5.69 Å². The highest BCUT2D eigenvalue weighted by Gasteiger charge is 2.15. The molecule has 0 atom stereocenters. The van der Waals surface area contributed by atoms with Crippen molar-refractivity contribution >= 4 is 5.69 Å². The van der Waals surface area contributed by atoms with Gasteiger partial charge >= 0.3 is 0 Å². The van der Waals surface area contributed by atoms with Crippen molar-refractivity contribution in [1.29, 1.82) is 0 Å². The number of nitro groups is 1. The smallest absolute Gasteiger partial charge is 0.294 e. The first-order valence-corrected chi connectivity index (χ1v) is 4.16. The van der Waals surface area contributed by atoms with E-state index in [1.807, 2.05) is 30.3 Å². The highest BCUT2D eigenvalue weighted by molar-refractivity contribution is 5.69. The van der Waals surface area contributed by atoms with E-state index in [1.54, 1.807) is 6.20 Å². The standard InChI is InChI=1S/C10H8N2O2/c13-12(14)9-6-7-11-10(9)8-4-2-1-3-5-8/h1-7,11H. The molecule has 1 aromatic carbocycles. The summed E-state index contributed by atoms with van der Waals surface area (Å²) in [5.74, 6) is 0. The third-order valence-corrected chi connectivity index (χ3v) is 1.98. The molecule has 14 heavy (non-hydrogen) atoms. The zero-order valence-electron chi connectivity index (χ0n) is 7.31. The molecule has 70 valence electrons. The van der Waals surface area contributed by atoms with Crippen molar-refractivity contribution in [1.82, 2.24) is 4.98 Å². The number of rotatable bonds is 2. The summed E-state index contributed by atoms with van der Waals surface area (Å²) in [4.78, 5) is 13.1. The van der Waals surface area contributed by atoms with Crippen LogP contribution in [-0.2, 0) is 0 Å². The van der Waals surface area contributed by atoms with Crippen molar-refractivity contribution in [3.63, 3.8) is 0 Å². The Labute approximate surface area is 80.4 Å². The SMILES string of the molecule is O=[N+]([O-])c1cc[nH]c1-c1ccccc1. The van der Waals surface area contributed by atoms with Crippen LogP contribution < -0.4 is 0 Å². The van der Waals surface area contributed by atoms with Crippen molar-refractivity contribution in [3.8, 4) is 11.3 Å². The Morgan fingerprint density at radius 1 is 1.14 bits per heavy atom. The maximum Gasteiger partial charge on any atom is 0.294 e. The van der Waals surface area contributed by atoms with E-state index in [0.717, 1.165) is 5.56 Å². The van der Waals surface area contributed by atoms with Crippen molar-refractivity contribution in [2.45, 2.75) is 0 Å². The number of aromatic amines is 1. The fraction of sp³-hybridized carbons (Fsp3) is 0. The first kappa shape index (κ1) is 8.50. The summed E-state index contributed by atoms with van der Waals surface area (Å²) in [5.41, 5.74) is 1.48. The van der Waals surface area contributed by atoms with Gasteiger partial charge in [0.15, 0.2) is 0 Å². The van der Waals surface area contributed by atoms with E-state index in [-0.39, 0.29) is 5.69 Å². The normalized spacial score (nSPS) is 10.0. The van der Waals surface area contributed by atoms with Crippen LogP contribution in [-0.4, -0.2) is 9.91 Å². The molecule has 0 saturated heterocycles. The molecular formula is C10H8N2O2. The van der Waals surface area contributed by atoms with Crippen molar-refractivity contribution in [2.24, 2.45) is 0 Å². The summed E-state index contributed by atoms with van der Waals surface area (Å²) in [6, 6.07) is 10.7. The minimum atomic E-state index is -0.390. The Bertz CT molecular complexity index is 448. The Kier molecular flexibility index (Phi) is 2.02. The van der Waals surface area contributed by atoms with Gasteiger partial charge in [-0.1, -0.05) is 30.3 Å². The van der Waals surface area contributed by atoms with E-state index < -0.39 is 4.92 Å². The molecule has 0 fully saturated rings. The third-order valence-electron chi connectivity index (χ3n) is 1.98. The Morgan fingerprint density at radius 2 is 1.86 bits per heavy atom. The monoisotopic (exact) mass is 188 g/mol. The summed E-state index contributed by atoms with van der Waals surface area (Å²) in [6.45, 7) is 0. The highest BCUT2D eigenvalue weighted by atomic mass is 16.6. The summed E-state index contributed by atoms with van der Waals surface area (Å²) in [5, 5.41) is 10.6. The van der Waals surface area contributed by atoms with Gasteiger partial charge in [0, 0.05) is 17.8 Å². The van der Waals surface area contributed by atoms with Crippen LogP contribution in [0.25, 0.3) is 11.3 Å². The summed E-state index contributed by atoms with van der Waals surface area (Å²) in [7, 11) is 0. The van der Waals surface area contributed by atoms with Gasteiger partial charge in [-0.15, -0.1) is 0 Å². The molecule has 4 heteroatoms. The first-order chi connectivity index (χ1) is 6.79. The van der Waals surface area contributed by atoms with E-state index >= 15 is 0 Å². The number of H-pyrrole nitrogens is 1. The van der Waals surface area contributed by atoms with E-state index in [0.29, 0.717) is 5.69 Å². The van der Waals surface area contributed by atoms with Gasteiger partial charge in [0.05, 0.1) is 4.92 Å². The van der Waals surface area contributed by atoms with Crippen LogP contribution >= 0.6 is 0 Å². The first-order valence-electron chi connectivity index (χ1n) is 4.16. The second-order valence-electron chi connectivity index (χ2n) is 2.86. The van der Waals surface area contributed by atoms with E-state index in [9.17, 15) is 10.1 Å². The number of hydrogen-bond donors (Lipinski definition) is 1. The number of aromatic nitrogens is 1. The third kappa shape index (κ3) is 1.37.